The quantitative estimate of drug-likeness (QED) is 0.793. The first-order valence-corrected chi connectivity index (χ1v) is 5.08. The lowest BCUT2D eigenvalue weighted by molar-refractivity contribution is 0.496. The van der Waals surface area contributed by atoms with Crippen LogP contribution in [-0.4, -0.2) is 19.9 Å². The van der Waals surface area contributed by atoms with Gasteiger partial charge < -0.3 is 10.7 Å². The van der Waals surface area contributed by atoms with E-state index in [1.165, 1.54) is 6.33 Å². The van der Waals surface area contributed by atoms with E-state index in [0.29, 0.717) is 11.6 Å². The predicted octanol–water partition coefficient (Wildman–Crippen LogP) is 1.40. The zero-order valence-electron chi connectivity index (χ0n) is 8.94. The van der Waals surface area contributed by atoms with Gasteiger partial charge in [0.1, 0.15) is 17.7 Å². The summed E-state index contributed by atoms with van der Waals surface area (Å²) in [5, 5.41) is 0. The number of nitrogens with two attached hydrogens (primary N) is 1. The van der Waals surface area contributed by atoms with Crippen LogP contribution in [0.15, 0.2) is 12.5 Å². The Labute approximate surface area is 88.1 Å². The van der Waals surface area contributed by atoms with Crippen molar-refractivity contribution in [3.63, 3.8) is 0 Å². The van der Waals surface area contributed by atoms with Crippen LogP contribution in [0.4, 0.5) is 0 Å². The Bertz CT molecular complexity index is 415. The number of fused-ring (bicyclic) bond motifs is 1. The first-order chi connectivity index (χ1) is 7.16. The first kappa shape index (κ1) is 10.0. The van der Waals surface area contributed by atoms with Gasteiger partial charge in [-0.1, -0.05) is 13.8 Å². The average molecular weight is 205 g/mol. The van der Waals surface area contributed by atoms with Crippen molar-refractivity contribution in [1.29, 1.82) is 0 Å². The molecule has 0 aliphatic rings. The molecule has 3 N–H and O–H groups in total. The Morgan fingerprint density at radius 3 is 2.93 bits per heavy atom. The monoisotopic (exact) mass is 205 g/mol. The van der Waals surface area contributed by atoms with Crippen molar-refractivity contribution in [3.05, 3.63) is 18.3 Å². The SMILES string of the molecule is CC(C)CC(N)c1nc2ncncc2[nH]1. The van der Waals surface area contributed by atoms with Crippen molar-refractivity contribution in [2.75, 3.05) is 0 Å². The molecule has 2 aromatic rings. The summed E-state index contributed by atoms with van der Waals surface area (Å²) >= 11 is 0. The highest BCUT2D eigenvalue weighted by atomic mass is 15.0. The normalized spacial score (nSPS) is 13.6. The van der Waals surface area contributed by atoms with Gasteiger partial charge in [-0.05, 0) is 12.3 Å². The van der Waals surface area contributed by atoms with Crippen LogP contribution < -0.4 is 5.73 Å². The zero-order chi connectivity index (χ0) is 10.8. The molecule has 2 rings (SSSR count). The summed E-state index contributed by atoms with van der Waals surface area (Å²) in [4.78, 5) is 15.5. The number of nitrogens with zero attached hydrogens (tertiary/aromatic N) is 3. The van der Waals surface area contributed by atoms with Crippen molar-refractivity contribution >= 4 is 11.2 Å². The van der Waals surface area contributed by atoms with E-state index in [1.54, 1.807) is 6.20 Å². The van der Waals surface area contributed by atoms with Gasteiger partial charge in [0, 0.05) is 0 Å². The lowest BCUT2D eigenvalue weighted by atomic mass is 10.0. The van der Waals surface area contributed by atoms with Crippen molar-refractivity contribution in [1.82, 2.24) is 19.9 Å². The average Bonchev–Trinajstić information content (AvgIpc) is 2.59. The number of hydrogen-bond acceptors (Lipinski definition) is 4. The number of hydrogen-bond donors (Lipinski definition) is 2. The maximum absolute atomic E-state index is 6.02. The maximum Gasteiger partial charge on any atom is 0.180 e. The Kier molecular flexibility index (Phi) is 2.64. The van der Waals surface area contributed by atoms with Crippen molar-refractivity contribution in [2.45, 2.75) is 26.3 Å². The predicted molar refractivity (Wildman–Crippen MR) is 58.1 cm³/mol. The van der Waals surface area contributed by atoms with E-state index in [-0.39, 0.29) is 6.04 Å². The molecule has 15 heavy (non-hydrogen) atoms. The van der Waals surface area contributed by atoms with Gasteiger partial charge in [-0.15, -0.1) is 0 Å². The summed E-state index contributed by atoms with van der Waals surface area (Å²) in [6, 6.07) is -0.0563. The summed E-state index contributed by atoms with van der Waals surface area (Å²) in [6.07, 6.45) is 4.11. The second-order valence-corrected chi connectivity index (χ2v) is 4.12. The third-order valence-electron chi connectivity index (χ3n) is 2.26. The summed E-state index contributed by atoms with van der Waals surface area (Å²) < 4.78 is 0. The minimum absolute atomic E-state index is 0.0563. The van der Waals surface area contributed by atoms with E-state index in [2.05, 4.69) is 33.8 Å². The second-order valence-electron chi connectivity index (χ2n) is 4.12. The maximum atomic E-state index is 6.02. The van der Waals surface area contributed by atoms with Gasteiger partial charge >= 0.3 is 0 Å². The molecule has 0 aliphatic heterocycles. The number of rotatable bonds is 3. The summed E-state index contributed by atoms with van der Waals surface area (Å²) in [5.74, 6) is 1.35. The van der Waals surface area contributed by atoms with Crippen LogP contribution in [0, 0.1) is 5.92 Å². The van der Waals surface area contributed by atoms with Crippen molar-refractivity contribution < 1.29 is 0 Å². The van der Waals surface area contributed by atoms with Crippen molar-refractivity contribution in [3.8, 4) is 0 Å². The first-order valence-electron chi connectivity index (χ1n) is 5.08. The molecule has 5 nitrogen and oxygen atoms in total. The van der Waals surface area contributed by atoms with E-state index < -0.39 is 0 Å². The molecule has 0 fully saturated rings. The van der Waals surface area contributed by atoms with Crippen LogP contribution in [-0.2, 0) is 0 Å². The highest BCUT2D eigenvalue weighted by Crippen LogP contribution is 2.17. The smallest absolute Gasteiger partial charge is 0.180 e. The number of aromatic amines is 1. The fourth-order valence-electron chi connectivity index (χ4n) is 1.58. The van der Waals surface area contributed by atoms with Crippen molar-refractivity contribution in [2.24, 2.45) is 11.7 Å². The number of aromatic nitrogens is 4. The highest BCUT2D eigenvalue weighted by Gasteiger charge is 2.13. The third-order valence-corrected chi connectivity index (χ3v) is 2.26. The lowest BCUT2D eigenvalue weighted by Gasteiger charge is -2.10. The minimum Gasteiger partial charge on any atom is -0.338 e. The molecule has 2 aromatic heterocycles. The van der Waals surface area contributed by atoms with E-state index in [1.807, 2.05) is 0 Å². The van der Waals surface area contributed by atoms with E-state index in [0.717, 1.165) is 17.8 Å². The Hall–Kier alpha value is -1.49. The summed E-state index contributed by atoms with van der Waals surface area (Å²) in [6.45, 7) is 4.28. The van der Waals surface area contributed by atoms with Gasteiger partial charge in [-0.25, -0.2) is 15.0 Å². The van der Waals surface area contributed by atoms with Crippen LogP contribution in [0.1, 0.15) is 32.1 Å². The molecule has 1 atom stereocenters. The van der Waals surface area contributed by atoms with Crippen LogP contribution >= 0.6 is 0 Å². The highest BCUT2D eigenvalue weighted by molar-refractivity contribution is 5.68. The Morgan fingerprint density at radius 2 is 2.27 bits per heavy atom. The molecule has 0 aliphatic carbocycles. The molecule has 0 aromatic carbocycles. The third kappa shape index (κ3) is 2.12. The number of imidazole rings is 1. The molecule has 1 unspecified atom stereocenters. The fourth-order valence-corrected chi connectivity index (χ4v) is 1.58. The minimum atomic E-state index is -0.0563. The van der Waals surface area contributed by atoms with Gasteiger partial charge in [0.25, 0.3) is 0 Å². The molecular weight excluding hydrogens is 190 g/mol. The van der Waals surface area contributed by atoms with Gasteiger partial charge in [0.05, 0.1) is 12.2 Å². The standard InChI is InChI=1S/C10H15N5/c1-6(2)3-7(11)9-14-8-4-12-5-13-10(8)15-9/h4-7H,3,11H2,1-2H3,(H,12,13,14,15). The number of H-pyrrole nitrogens is 1. The topological polar surface area (TPSA) is 80.5 Å². The molecule has 5 heteroatoms. The van der Waals surface area contributed by atoms with Crippen LogP contribution in [0.5, 0.6) is 0 Å². The number of nitrogens with one attached hydrogen (secondary N) is 1. The Morgan fingerprint density at radius 1 is 1.47 bits per heavy atom. The van der Waals surface area contributed by atoms with Gasteiger partial charge in [-0.3, -0.25) is 0 Å². The van der Waals surface area contributed by atoms with Crippen LogP contribution in [0.25, 0.3) is 11.2 Å². The second kappa shape index (κ2) is 3.94. The molecule has 2 heterocycles. The molecule has 0 bridgehead atoms. The molecule has 0 amide bonds. The van der Waals surface area contributed by atoms with Crippen LogP contribution in [0.2, 0.25) is 0 Å². The summed E-state index contributed by atoms with van der Waals surface area (Å²) in [7, 11) is 0. The van der Waals surface area contributed by atoms with Gasteiger partial charge in [-0.2, -0.15) is 0 Å². The molecule has 0 saturated heterocycles. The van der Waals surface area contributed by atoms with Gasteiger partial charge in [0.15, 0.2) is 5.65 Å². The van der Waals surface area contributed by atoms with Gasteiger partial charge in [0.2, 0.25) is 0 Å². The van der Waals surface area contributed by atoms with Crippen LogP contribution in [0.3, 0.4) is 0 Å². The Balaban J connectivity index is 2.28. The largest absolute Gasteiger partial charge is 0.338 e. The van der Waals surface area contributed by atoms with E-state index in [4.69, 9.17) is 5.73 Å². The summed E-state index contributed by atoms with van der Waals surface area (Å²) in [5.41, 5.74) is 7.54. The molecule has 80 valence electrons. The molecule has 0 saturated carbocycles. The lowest BCUT2D eigenvalue weighted by Crippen LogP contribution is -2.14. The molecule has 0 spiro atoms. The fraction of sp³-hybridized carbons (Fsp3) is 0.500. The molecule has 0 radical (unpaired) electrons. The van der Waals surface area contributed by atoms with E-state index >= 15 is 0 Å². The molecular formula is C10H15N5. The zero-order valence-corrected chi connectivity index (χ0v) is 8.94. The van der Waals surface area contributed by atoms with E-state index in [9.17, 15) is 0 Å².